The first-order chi connectivity index (χ1) is 16.7. The van der Waals surface area contributed by atoms with Gasteiger partial charge >= 0.3 is 6.18 Å². The number of amides is 1. The van der Waals surface area contributed by atoms with Gasteiger partial charge in [0, 0.05) is 32.2 Å². The van der Waals surface area contributed by atoms with Gasteiger partial charge in [0.2, 0.25) is 0 Å². The fraction of sp³-hybridized carbons (Fsp3) is 0.462. The van der Waals surface area contributed by atoms with Crippen LogP contribution >= 0.6 is 0 Å². The smallest absolute Gasteiger partial charge is 0.425 e. The number of benzene rings is 2. The summed E-state index contributed by atoms with van der Waals surface area (Å²) in [6, 6.07) is 12.8. The quantitative estimate of drug-likeness (QED) is 0.570. The first kappa shape index (κ1) is 24.9. The van der Waals surface area contributed by atoms with E-state index in [1.807, 2.05) is 6.07 Å². The third-order valence-electron chi connectivity index (χ3n) is 6.69. The maximum Gasteiger partial charge on any atom is 0.425 e. The van der Waals surface area contributed by atoms with Crippen LogP contribution in [-0.4, -0.2) is 56.5 Å². The lowest BCUT2D eigenvalue weighted by atomic mass is 9.87. The molecule has 1 unspecified atom stereocenters. The Morgan fingerprint density at radius 2 is 1.69 bits per heavy atom. The molecule has 0 radical (unpaired) electrons. The van der Waals surface area contributed by atoms with Gasteiger partial charge < -0.3 is 19.1 Å². The Morgan fingerprint density at radius 1 is 1.09 bits per heavy atom. The van der Waals surface area contributed by atoms with Gasteiger partial charge in [0.05, 0.1) is 12.7 Å². The molecule has 2 aromatic carbocycles. The molecule has 9 heteroatoms. The molecule has 0 aromatic heterocycles. The maximum absolute atomic E-state index is 13.3. The number of nitriles is 1. The molecule has 0 saturated carbocycles. The summed E-state index contributed by atoms with van der Waals surface area (Å²) in [6.45, 7) is 3.22. The van der Waals surface area contributed by atoms with E-state index in [-0.39, 0.29) is 28.5 Å². The average Bonchev–Trinajstić information content (AvgIpc) is 2.83. The molecule has 0 bridgehead atoms. The summed E-state index contributed by atoms with van der Waals surface area (Å²) in [7, 11) is 1.27. The number of alkyl halides is 3. The maximum atomic E-state index is 13.3. The van der Waals surface area contributed by atoms with Crippen LogP contribution in [0.3, 0.4) is 0 Å². The minimum absolute atomic E-state index is 0.0450. The van der Waals surface area contributed by atoms with E-state index in [2.05, 4.69) is 24.3 Å². The number of rotatable bonds is 6. The van der Waals surface area contributed by atoms with Crippen LogP contribution in [-0.2, 0) is 4.74 Å². The number of carbonyl (C=O) groups excluding carboxylic acids is 1. The Labute approximate surface area is 202 Å². The van der Waals surface area contributed by atoms with Crippen molar-refractivity contribution in [1.29, 1.82) is 5.26 Å². The monoisotopic (exact) mass is 488 g/mol. The van der Waals surface area contributed by atoms with Gasteiger partial charge in [0.1, 0.15) is 17.4 Å². The van der Waals surface area contributed by atoms with Gasteiger partial charge in [-0.05, 0) is 48.9 Å². The van der Waals surface area contributed by atoms with Gasteiger partial charge in [-0.1, -0.05) is 24.3 Å². The van der Waals surface area contributed by atoms with Crippen LogP contribution in [0.2, 0.25) is 0 Å². The molecule has 2 aliphatic heterocycles. The largest absolute Gasteiger partial charge is 0.494 e. The van der Waals surface area contributed by atoms with Crippen LogP contribution in [0.5, 0.6) is 11.5 Å². The number of hydrogen-bond acceptors (Lipinski definition) is 5. The molecular weight excluding hydrogens is 461 g/mol. The van der Waals surface area contributed by atoms with Gasteiger partial charge in [0.25, 0.3) is 5.91 Å². The zero-order valence-corrected chi connectivity index (χ0v) is 19.6. The van der Waals surface area contributed by atoms with Crippen LogP contribution in [0.1, 0.15) is 58.6 Å². The number of hydrogen-bond donors (Lipinski definition) is 0. The molecule has 0 spiro atoms. The van der Waals surface area contributed by atoms with E-state index >= 15 is 0 Å². The first-order valence-electron chi connectivity index (χ1n) is 11.5. The molecule has 2 aromatic rings. The SMILES string of the molecule is COc1c(C#N)ccc(OC(C)C(F)(F)F)c1C(=O)N1CC(c2ccc(C3CCOCC3)cc2)C1. The highest BCUT2D eigenvalue weighted by Gasteiger charge is 2.40. The second kappa shape index (κ2) is 10.2. The molecule has 0 N–H and O–H groups in total. The van der Waals surface area contributed by atoms with E-state index < -0.39 is 18.2 Å². The lowest BCUT2D eigenvalue weighted by Crippen LogP contribution is -2.48. The van der Waals surface area contributed by atoms with Gasteiger partial charge in [0.15, 0.2) is 11.9 Å². The number of methoxy groups -OCH3 is 1. The van der Waals surface area contributed by atoms with Crippen molar-refractivity contribution < 1.29 is 32.2 Å². The van der Waals surface area contributed by atoms with Crippen LogP contribution in [0.4, 0.5) is 13.2 Å². The normalized spacial score (nSPS) is 17.9. The Bertz CT molecular complexity index is 1100. The van der Waals surface area contributed by atoms with Crippen molar-refractivity contribution in [3.05, 3.63) is 58.7 Å². The van der Waals surface area contributed by atoms with Gasteiger partial charge in [-0.2, -0.15) is 18.4 Å². The third-order valence-corrected chi connectivity index (χ3v) is 6.69. The van der Waals surface area contributed by atoms with Gasteiger partial charge in [-0.25, -0.2) is 0 Å². The lowest BCUT2D eigenvalue weighted by molar-refractivity contribution is -0.189. The zero-order chi connectivity index (χ0) is 25.2. The Kier molecular flexibility index (Phi) is 7.22. The number of likely N-dealkylation sites (tertiary alicyclic amines) is 1. The van der Waals surface area contributed by atoms with Gasteiger partial charge in [-0.3, -0.25) is 4.79 Å². The summed E-state index contributed by atoms with van der Waals surface area (Å²) in [5.74, 6) is -0.270. The summed E-state index contributed by atoms with van der Waals surface area (Å²) < 4.78 is 55.1. The minimum atomic E-state index is -4.61. The molecule has 6 nitrogen and oxygen atoms in total. The van der Waals surface area contributed by atoms with E-state index in [0.717, 1.165) is 38.5 Å². The topological polar surface area (TPSA) is 71.8 Å². The second-order valence-electron chi connectivity index (χ2n) is 8.89. The summed E-state index contributed by atoms with van der Waals surface area (Å²) in [4.78, 5) is 14.9. The minimum Gasteiger partial charge on any atom is -0.494 e. The molecule has 0 aliphatic carbocycles. The molecule has 1 amide bonds. The van der Waals surface area contributed by atoms with Crippen molar-refractivity contribution in [3.63, 3.8) is 0 Å². The fourth-order valence-electron chi connectivity index (χ4n) is 4.51. The number of ether oxygens (including phenoxy) is 3. The molecule has 186 valence electrons. The standard InChI is InChI=1S/C26H27F3N2O4/c1-16(26(27,28)29)35-22-8-7-20(13-30)24(33-2)23(22)25(32)31-14-21(15-31)18-5-3-17(4-6-18)19-9-11-34-12-10-19/h3-8,16,19,21H,9-12,14-15H2,1-2H3. The molecule has 35 heavy (non-hydrogen) atoms. The summed E-state index contributed by atoms with van der Waals surface area (Å²) in [6.07, 6.45) is -4.73. The summed E-state index contributed by atoms with van der Waals surface area (Å²) in [5.41, 5.74) is 2.26. The van der Waals surface area contributed by atoms with E-state index in [0.29, 0.717) is 19.0 Å². The Morgan fingerprint density at radius 3 is 2.23 bits per heavy atom. The highest BCUT2D eigenvalue weighted by Crippen LogP contribution is 2.38. The average molecular weight is 489 g/mol. The molecule has 2 aliphatic rings. The van der Waals surface area contributed by atoms with Crippen LogP contribution in [0, 0.1) is 11.3 Å². The Hall–Kier alpha value is -3.25. The molecule has 4 rings (SSSR count). The van der Waals surface area contributed by atoms with Crippen LogP contribution in [0.25, 0.3) is 0 Å². The summed E-state index contributed by atoms with van der Waals surface area (Å²) >= 11 is 0. The van der Waals surface area contributed by atoms with Crippen LogP contribution in [0.15, 0.2) is 36.4 Å². The van der Waals surface area contributed by atoms with E-state index in [9.17, 15) is 23.2 Å². The molecular formula is C26H27F3N2O4. The zero-order valence-electron chi connectivity index (χ0n) is 19.6. The Balaban J connectivity index is 1.50. The van der Waals surface area contributed by atoms with E-state index in [1.54, 1.807) is 0 Å². The highest BCUT2D eigenvalue weighted by atomic mass is 19.4. The van der Waals surface area contributed by atoms with Crippen LogP contribution < -0.4 is 9.47 Å². The number of halogens is 3. The highest BCUT2D eigenvalue weighted by molar-refractivity contribution is 6.01. The second-order valence-corrected chi connectivity index (χ2v) is 8.89. The number of carbonyl (C=O) groups is 1. The molecule has 2 saturated heterocycles. The van der Waals surface area contributed by atoms with Crippen molar-refractivity contribution in [2.24, 2.45) is 0 Å². The van der Waals surface area contributed by atoms with Crippen molar-refractivity contribution in [2.75, 3.05) is 33.4 Å². The lowest BCUT2D eigenvalue weighted by Gasteiger charge is -2.40. The van der Waals surface area contributed by atoms with Crippen molar-refractivity contribution in [3.8, 4) is 17.6 Å². The van der Waals surface area contributed by atoms with Crippen molar-refractivity contribution in [1.82, 2.24) is 4.90 Å². The van der Waals surface area contributed by atoms with Gasteiger partial charge in [-0.15, -0.1) is 0 Å². The van der Waals surface area contributed by atoms with E-state index in [1.165, 1.54) is 29.7 Å². The fourth-order valence-corrected chi connectivity index (χ4v) is 4.51. The predicted molar refractivity (Wildman–Crippen MR) is 122 cm³/mol. The number of nitrogens with zero attached hydrogens (tertiary/aromatic N) is 2. The molecule has 1 atom stereocenters. The molecule has 2 fully saturated rings. The van der Waals surface area contributed by atoms with E-state index in [4.69, 9.17) is 14.2 Å². The van der Waals surface area contributed by atoms with Crippen molar-refractivity contribution in [2.45, 2.75) is 43.9 Å². The third kappa shape index (κ3) is 5.22. The predicted octanol–water partition coefficient (Wildman–Crippen LogP) is 5.03. The summed E-state index contributed by atoms with van der Waals surface area (Å²) in [5, 5.41) is 9.39. The molecule has 2 heterocycles. The van der Waals surface area contributed by atoms with Crippen molar-refractivity contribution >= 4 is 5.91 Å². The first-order valence-corrected chi connectivity index (χ1v) is 11.5.